The van der Waals surface area contributed by atoms with Crippen molar-refractivity contribution in [1.29, 1.82) is 0 Å². The van der Waals surface area contributed by atoms with Crippen molar-refractivity contribution in [3.8, 4) is 0 Å². The lowest BCUT2D eigenvalue weighted by Gasteiger charge is -2.09. The van der Waals surface area contributed by atoms with Crippen LogP contribution in [-0.2, 0) is 4.79 Å². The van der Waals surface area contributed by atoms with Crippen LogP contribution in [0.3, 0.4) is 0 Å². The Hall–Kier alpha value is -1.21. The van der Waals surface area contributed by atoms with Crippen molar-refractivity contribution in [3.63, 3.8) is 0 Å². The van der Waals surface area contributed by atoms with E-state index >= 15 is 0 Å². The summed E-state index contributed by atoms with van der Waals surface area (Å²) < 4.78 is 7.34. The van der Waals surface area contributed by atoms with Crippen LogP contribution >= 0.6 is 0 Å². The molecule has 0 saturated carbocycles. The lowest BCUT2D eigenvalue weighted by Crippen LogP contribution is -2.31. The predicted octanol–water partition coefficient (Wildman–Crippen LogP) is -0.778. The standard InChI is InChI=1S/C7H17N5O2/c8-5(4-11-12-10)2-1-3-6(9)7(13)14/h5-6H,1-4,8-9H2,(H2,10,11)(H,13,14)/t5?,6-/m0/s1/i4D/t4?,5?,6-. The molecule has 0 aromatic heterocycles. The molecule has 0 aliphatic carbocycles. The molecule has 0 aliphatic rings. The van der Waals surface area contributed by atoms with E-state index in [1.54, 1.807) is 0 Å². The van der Waals surface area contributed by atoms with Gasteiger partial charge in [0.2, 0.25) is 0 Å². The average molecular weight is 204 g/mol. The maximum Gasteiger partial charge on any atom is 0.320 e. The van der Waals surface area contributed by atoms with Gasteiger partial charge in [-0.05, 0) is 19.3 Å². The quantitative estimate of drug-likeness (QED) is 0.244. The number of hydrogen-bond donors (Lipinski definition) is 4. The number of carbonyl (C=O) groups is 1. The summed E-state index contributed by atoms with van der Waals surface area (Å²) >= 11 is 0. The summed E-state index contributed by atoms with van der Waals surface area (Å²) in [5.74, 6) is 3.73. The Kier molecular flexibility index (Phi) is 5.60. The van der Waals surface area contributed by atoms with Crippen molar-refractivity contribution in [2.24, 2.45) is 27.6 Å². The molecule has 0 aliphatic heterocycles. The summed E-state index contributed by atoms with van der Waals surface area (Å²) in [6.45, 7) is -0.906. The molecule has 0 bridgehead atoms. The molecule has 82 valence electrons. The molecule has 14 heavy (non-hydrogen) atoms. The van der Waals surface area contributed by atoms with Gasteiger partial charge in [0.25, 0.3) is 0 Å². The van der Waals surface area contributed by atoms with Gasteiger partial charge in [0, 0.05) is 6.04 Å². The van der Waals surface area contributed by atoms with Gasteiger partial charge in [-0.25, -0.2) is 0 Å². The Morgan fingerprint density at radius 2 is 2.14 bits per heavy atom. The summed E-state index contributed by atoms with van der Waals surface area (Å²) in [7, 11) is 0. The van der Waals surface area contributed by atoms with Crippen LogP contribution in [0.25, 0.3) is 0 Å². The molecule has 0 aromatic rings. The summed E-state index contributed by atoms with van der Waals surface area (Å²) in [5, 5.41) is 14.8. The van der Waals surface area contributed by atoms with Gasteiger partial charge in [0.15, 0.2) is 0 Å². The number of carboxylic acid groups (broad SMARTS) is 1. The minimum absolute atomic E-state index is 0.329. The molecule has 0 rings (SSSR count). The van der Waals surface area contributed by atoms with Crippen LogP contribution < -0.4 is 17.3 Å². The normalized spacial score (nSPS) is 18.9. The molecule has 0 saturated heterocycles. The minimum atomic E-state index is -1.03. The zero-order valence-corrected chi connectivity index (χ0v) is 7.84. The lowest BCUT2D eigenvalue weighted by molar-refractivity contribution is -0.138. The zero-order chi connectivity index (χ0) is 11.8. The Bertz CT molecular complexity index is 225. The molecule has 0 spiro atoms. The summed E-state index contributed by atoms with van der Waals surface area (Å²) in [6.07, 6.45) is 1.33. The highest BCUT2D eigenvalue weighted by atomic mass is 16.4. The van der Waals surface area contributed by atoms with Crippen molar-refractivity contribution >= 4 is 5.97 Å². The van der Waals surface area contributed by atoms with Gasteiger partial charge in [-0.3, -0.25) is 4.79 Å². The van der Waals surface area contributed by atoms with Crippen LogP contribution in [-0.4, -0.2) is 29.7 Å². The van der Waals surface area contributed by atoms with Crippen LogP contribution in [0.5, 0.6) is 0 Å². The molecule has 0 aromatic carbocycles. The van der Waals surface area contributed by atoms with Crippen molar-refractivity contribution < 1.29 is 11.3 Å². The highest BCUT2D eigenvalue weighted by Gasteiger charge is 2.11. The molecule has 0 fully saturated rings. The third-order valence-electron chi connectivity index (χ3n) is 1.69. The minimum Gasteiger partial charge on any atom is -0.480 e. The molecule has 2 unspecified atom stereocenters. The zero-order valence-electron chi connectivity index (χ0n) is 8.84. The van der Waals surface area contributed by atoms with Gasteiger partial charge in [-0.2, -0.15) is 5.11 Å². The van der Waals surface area contributed by atoms with Gasteiger partial charge in [0.1, 0.15) is 6.04 Å². The Labute approximate surface area is 83.7 Å². The molecule has 3 atom stereocenters. The summed E-state index contributed by atoms with van der Waals surface area (Å²) in [6, 6.07) is -1.38. The van der Waals surface area contributed by atoms with E-state index in [9.17, 15) is 4.79 Å². The van der Waals surface area contributed by atoms with E-state index in [0.29, 0.717) is 19.3 Å². The maximum absolute atomic E-state index is 10.4. The van der Waals surface area contributed by atoms with E-state index in [1.807, 2.05) is 0 Å². The predicted molar refractivity (Wildman–Crippen MR) is 51.3 cm³/mol. The van der Waals surface area contributed by atoms with Crippen molar-refractivity contribution in [2.75, 3.05) is 6.52 Å². The van der Waals surface area contributed by atoms with E-state index in [1.165, 1.54) is 0 Å². The number of rotatable bonds is 7. The number of hydrogen-bond acceptors (Lipinski definition) is 5. The topological polar surface area (TPSA) is 140 Å². The van der Waals surface area contributed by atoms with Crippen LogP contribution in [0.4, 0.5) is 0 Å². The first-order chi connectivity index (χ1) is 6.99. The van der Waals surface area contributed by atoms with E-state index in [2.05, 4.69) is 10.3 Å². The number of nitrogens with two attached hydrogens (primary N) is 3. The summed E-state index contributed by atoms with van der Waals surface area (Å²) in [4.78, 5) is 10.4. The van der Waals surface area contributed by atoms with E-state index in [0.717, 1.165) is 0 Å². The Morgan fingerprint density at radius 3 is 2.64 bits per heavy atom. The van der Waals surface area contributed by atoms with Crippen LogP contribution in [0.1, 0.15) is 20.6 Å². The van der Waals surface area contributed by atoms with Crippen molar-refractivity contribution in [3.05, 3.63) is 0 Å². The number of carboxylic acids is 1. The Balaban J connectivity index is 3.72. The number of aliphatic carboxylic acids is 1. The molecule has 0 heterocycles. The van der Waals surface area contributed by atoms with E-state index in [4.69, 9.17) is 23.8 Å². The highest BCUT2D eigenvalue weighted by Crippen LogP contribution is 2.02. The van der Waals surface area contributed by atoms with Crippen LogP contribution in [0.2, 0.25) is 0 Å². The monoisotopic (exact) mass is 204 g/mol. The maximum atomic E-state index is 10.4. The van der Waals surface area contributed by atoms with Crippen molar-refractivity contribution in [2.45, 2.75) is 31.3 Å². The second kappa shape index (κ2) is 7.22. The van der Waals surface area contributed by atoms with Crippen LogP contribution in [0, 0.1) is 0 Å². The first kappa shape index (κ1) is 10.9. The van der Waals surface area contributed by atoms with Gasteiger partial charge in [-0.1, -0.05) is 5.22 Å². The molecular weight excluding hydrogens is 186 g/mol. The molecule has 7 N–H and O–H groups in total. The largest absolute Gasteiger partial charge is 0.480 e. The Morgan fingerprint density at radius 1 is 1.50 bits per heavy atom. The second-order valence-corrected chi connectivity index (χ2v) is 2.92. The molecular formula is C7H17N5O2. The third kappa shape index (κ3) is 6.32. The molecule has 0 radical (unpaired) electrons. The SMILES string of the molecule is [2H]C(N=NN)C(N)CCC[C@H](N)C(=O)O. The fraction of sp³-hybridized carbons (Fsp3) is 0.857. The van der Waals surface area contributed by atoms with Crippen molar-refractivity contribution in [1.82, 2.24) is 0 Å². The van der Waals surface area contributed by atoms with Gasteiger partial charge < -0.3 is 22.4 Å². The molecule has 7 heteroatoms. The smallest absolute Gasteiger partial charge is 0.320 e. The van der Waals surface area contributed by atoms with E-state index < -0.39 is 24.6 Å². The van der Waals surface area contributed by atoms with Gasteiger partial charge >= 0.3 is 5.97 Å². The third-order valence-corrected chi connectivity index (χ3v) is 1.69. The average Bonchev–Trinajstić information content (AvgIpc) is 2.17. The fourth-order valence-corrected chi connectivity index (χ4v) is 0.896. The van der Waals surface area contributed by atoms with E-state index in [-0.39, 0.29) is 0 Å². The molecule has 0 amide bonds. The highest BCUT2D eigenvalue weighted by molar-refractivity contribution is 5.72. The summed E-state index contributed by atoms with van der Waals surface area (Å²) in [5.41, 5.74) is 10.9. The lowest BCUT2D eigenvalue weighted by atomic mass is 10.1. The van der Waals surface area contributed by atoms with Gasteiger partial charge in [0.05, 0.1) is 7.89 Å². The van der Waals surface area contributed by atoms with Gasteiger partial charge in [-0.15, -0.1) is 0 Å². The second-order valence-electron chi connectivity index (χ2n) is 2.92. The fourth-order valence-electron chi connectivity index (χ4n) is 0.896. The number of nitrogens with zero attached hydrogens (tertiary/aromatic N) is 2. The first-order valence-electron chi connectivity index (χ1n) is 4.83. The first-order valence-corrected chi connectivity index (χ1v) is 4.25. The molecule has 7 nitrogen and oxygen atoms in total. The van der Waals surface area contributed by atoms with Crippen LogP contribution in [0.15, 0.2) is 10.3 Å².